The van der Waals surface area contributed by atoms with Gasteiger partial charge in [0.05, 0.1) is 6.10 Å². The summed E-state index contributed by atoms with van der Waals surface area (Å²) in [5.41, 5.74) is 5.64. The minimum absolute atomic E-state index is 0.519. The second-order valence-electron chi connectivity index (χ2n) is 4.37. The highest BCUT2D eigenvalue weighted by Crippen LogP contribution is 2.33. The maximum atomic E-state index is 9.86. The minimum Gasteiger partial charge on any atom is -0.399 e. The molecule has 0 bridgehead atoms. The van der Waals surface area contributed by atoms with Gasteiger partial charge in [0.1, 0.15) is 23.7 Å². The van der Waals surface area contributed by atoms with Crippen LogP contribution in [0.2, 0.25) is 0 Å². The van der Waals surface area contributed by atoms with Crippen LogP contribution < -0.4 is 5.73 Å². The molecule has 1 fully saturated rings. The maximum absolute atomic E-state index is 9.86. The van der Waals surface area contributed by atoms with Gasteiger partial charge in [0.15, 0.2) is 0 Å². The Labute approximate surface area is 110 Å². The molecular formula is C12H17NO4S. The van der Waals surface area contributed by atoms with Gasteiger partial charge in [-0.3, -0.25) is 0 Å². The van der Waals surface area contributed by atoms with Gasteiger partial charge in [0.2, 0.25) is 0 Å². The molecule has 5 nitrogen and oxygen atoms in total. The fraction of sp³-hybridized carbons (Fsp3) is 0.500. The van der Waals surface area contributed by atoms with E-state index in [4.69, 9.17) is 10.5 Å². The number of nitrogens with two attached hydrogens (primary N) is 1. The molecule has 6 heteroatoms. The summed E-state index contributed by atoms with van der Waals surface area (Å²) in [7, 11) is 0. The maximum Gasteiger partial charge on any atom is 0.136 e. The van der Waals surface area contributed by atoms with E-state index < -0.39 is 29.9 Å². The minimum atomic E-state index is -1.19. The number of hydrogen-bond acceptors (Lipinski definition) is 6. The molecule has 0 saturated carbocycles. The lowest BCUT2D eigenvalue weighted by Gasteiger charge is -2.38. The molecule has 0 aromatic heterocycles. The first-order valence-corrected chi connectivity index (χ1v) is 6.59. The lowest BCUT2D eigenvalue weighted by Crippen LogP contribution is -2.55. The van der Waals surface area contributed by atoms with Crippen molar-refractivity contribution in [3.8, 4) is 0 Å². The van der Waals surface area contributed by atoms with E-state index in [1.807, 2.05) is 12.1 Å². The van der Waals surface area contributed by atoms with E-state index in [1.165, 1.54) is 11.8 Å². The van der Waals surface area contributed by atoms with Crippen molar-refractivity contribution in [3.05, 3.63) is 24.3 Å². The molecule has 1 heterocycles. The fourth-order valence-electron chi connectivity index (χ4n) is 1.79. The molecule has 0 aliphatic carbocycles. The molecule has 1 aliphatic heterocycles. The van der Waals surface area contributed by atoms with E-state index in [0.717, 1.165) is 4.90 Å². The van der Waals surface area contributed by atoms with Gasteiger partial charge >= 0.3 is 0 Å². The topological polar surface area (TPSA) is 95.9 Å². The predicted octanol–water partition coefficient (Wildman–Crippen LogP) is 0.188. The Kier molecular flexibility index (Phi) is 4.14. The molecule has 0 spiro atoms. The van der Waals surface area contributed by atoms with Crippen LogP contribution in [-0.4, -0.2) is 45.2 Å². The Morgan fingerprint density at radius 2 is 1.67 bits per heavy atom. The third-order valence-corrected chi connectivity index (χ3v) is 4.11. The summed E-state index contributed by atoms with van der Waals surface area (Å²) in [5, 5.41) is 29.1. The average molecular weight is 271 g/mol. The largest absolute Gasteiger partial charge is 0.399 e. The number of benzene rings is 1. The molecule has 2 rings (SSSR count). The number of hydrogen-bond donors (Lipinski definition) is 4. The van der Waals surface area contributed by atoms with Crippen molar-refractivity contribution in [1.29, 1.82) is 0 Å². The SMILES string of the molecule is C[C@@H]1O[C@H](Sc2ccc(N)cc2)[C@@H](O)[C@H](O)[C@@H]1O. The van der Waals surface area contributed by atoms with Crippen molar-refractivity contribution in [1.82, 2.24) is 0 Å². The number of thioether (sulfide) groups is 1. The highest BCUT2D eigenvalue weighted by atomic mass is 32.2. The molecule has 1 aliphatic rings. The standard InChI is InChI=1S/C12H17NO4S/c1-6-9(14)10(15)11(16)12(17-6)18-8-4-2-7(13)3-5-8/h2-6,9-12,14-16H,13H2,1H3/t6-,9+,10+,11-,12+/m0/s1. The van der Waals surface area contributed by atoms with Gasteiger partial charge in [-0.25, -0.2) is 0 Å². The molecule has 0 amide bonds. The van der Waals surface area contributed by atoms with Crippen molar-refractivity contribution in [2.75, 3.05) is 5.73 Å². The third kappa shape index (κ3) is 2.78. The first-order valence-electron chi connectivity index (χ1n) is 5.71. The Morgan fingerprint density at radius 1 is 1.06 bits per heavy atom. The summed E-state index contributed by atoms with van der Waals surface area (Å²) in [6.07, 6.45) is -3.91. The smallest absolute Gasteiger partial charge is 0.136 e. The van der Waals surface area contributed by atoms with E-state index in [9.17, 15) is 15.3 Å². The highest BCUT2D eigenvalue weighted by Gasteiger charge is 2.42. The number of anilines is 1. The zero-order chi connectivity index (χ0) is 13.3. The van der Waals surface area contributed by atoms with E-state index in [2.05, 4.69) is 0 Å². The van der Waals surface area contributed by atoms with E-state index in [-0.39, 0.29) is 0 Å². The van der Waals surface area contributed by atoms with Gasteiger partial charge in [-0.1, -0.05) is 11.8 Å². The van der Waals surface area contributed by atoms with Crippen molar-refractivity contribution in [2.24, 2.45) is 0 Å². The lowest BCUT2D eigenvalue weighted by atomic mass is 10.0. The quantitative estimate of drug-likeness (QED) is 0.573. The zero-order valence-corrected chi connectivity index (χ0v) is 10.7. The first-order chi connectivity index (χ1) is 8.49. The van der Waals surface area contributed by atoms with Crippen LogP contribution >= 0.6 is 11.8 Å². The monoisotopic (exact) mass is 271 g/mol. The number of rotatable bonds is 2. The third-order valence-electron chi connectivity index (χ3n) is 2.94. The molecule has 100 valence electrons. The van der Waals surface area contributed by atoms with Crippen LogP contribution in [0.15, 0.2) is 29.2 Å². The Hall–Kier alpha value is -0.790. The first kappa shape index (κ1) is 13.6. The Morgan fingerprint density at radius 3 is 2.28 bits per heavy atom. The molecule has 0 unspecified atom stereocenters. The second-order valence-corrected chi connectivity index (χ2v) is 5.54. The lowest BCUT2D eigenvalue weighted by molar-refractivity contribution is -0.192. The van der Waals surface area contributed by atoms with Crippen LogP contribution in [0.3, 0.4) is 0 Å². The Bertz CT molecular complexity index is 400. The van der Waals surface area contributed by atoms with Crippen LogP contribution in [0.4, 0.5) is 5.69 Å². The van der Waals surface area contributed by atoms with Crippen LogP contribution in [0.25, 0.3) is 0 Å². The summed E-state index contributed by atoms with van der Waals surface area (Å²) in [6.45, 7) is 1.66. The highest BCUT2D eigenvalue weighted by molar-refractivity contribution is 7.99. The second kappa shape index (κ2) is 5.46. The van der Waals surface area contributed by atoms with Gasteiger partial charge in [-0.2, -0.15) is 0 Å². The number of aliphatic hydroxyl groups is 3. The summed E-state index contributed by atoms with van der Waals surface area (Å²) in [6, 6.07) is 7.15. The summed E-state index contributed by atoms with van der Waals surface area (Å²) in [5.74, 6) is 0. The molecular weight excluding hydrogens is 254 g/mol. The van der Waals surface area contributed by atoms with Crippen LogP contribution in [0, 0.1) is 0 Å². The van der Waals surface area contributed by atoms with Gasteiger partial charge in [0.25, 0.3) is 0 Å². The van der Waals surface area contributed by atoms with Crippen molar-refractivity contribution in [2.45, 2.75) is 41.7 Å². The molecule has 18 heavy (non-hydrogen) atoms. The van der Waals surface area contributed by atoms with E-state index in [1.54, 1.807) is 19.1 Å². The zero-order valence-electron chi connectivity index (χ0n) is 9.93. The van der Waals surface area contributed by atoms with Gasteiger partial charge in [0, 0.05) is 10.6 Å². The normalized spacial score (nSPS) is 36.6. The van der Waals surface area contributed by atoms with E-state index >= 15 is 0 Å². The predicted molar refractivity (Wildman–Crippen MR) is 69.1 cm³/mol. The molecule has 5 atom stereocenters. The number of ether oxygens (including phenoxy) is 1. The van der Waals surface area contributed by atoms with Crippen LogP contribution in [0.1, 0.15) is 6.92 Å². The van der Waals surface area contributed by atoms with Gasteiger partial charge in [-0.05, 0) is 31.2 Å². The number of aliphatic hydroxyl groups excluding tert-OH is 3. The average Bonchev–Trinajstić information content (AvgIpc) is 2.36. The van der Waals surface area contributed by atoms with E-state index in [0.29, 0.717) is 5.69 Å². The molecule has 5 N–H and O–H groups in total. The van der Waals surface area contributed by atoms with Crippen molar-refractivity contribution < 1.29 is 20.1 Å². The van der Waals surface area contributed by atoms with Crippen LogP contribution in [0.5, 0.6) is 0 Å². The number of nitrogen functional groups attached to an aromatic ring is 1. The summed E-state index contributed by atoms with van der Waals surface area (Å²) < 4.78 is 5.49. The molecule has 1 aromatic carbocycles. The van der Waals surface area contributed by atoms with Crippen molar-refractivity contribution >= 4 is 17.4 Å². The van der Waals surface area contributed by atoms with Crippen molar-refractivity contribution in [3.63, 3.8) is 0 Å². The summed E-state index contributed by atoms with van der Waals surface area (Å²) in [4.78, 5) is 0.879. The summed E-state index contributed by atoms with van der Waals surface area (Å²) >= 11 is 1.29. The van der Waals surface area contributed by atoms with Gasteiger partial charge in [-0.15, -0.1) is 0 Å². The molecule has 0 radical (unpaired) electrons. The fourth-order valence-corrected chi connectivity index (χ4v) is 2.88. The molecule has 1 aromatic rings. The Balaban J connectivity index is 2.06. The molecule has 1 saturated heterocycles. The van der Waals surface area contributed by atoms with Crippen LogP contribution in [-0.2, 0) is 4.74 Å². The van der Waals surface area contributed by atoms with Gasteiger partial charge < -0.3 is 25.8 Å².